The third-order valence-electron chi connectivity index (χ3n) is 3.47. The van der Waals surface area contributed by atoms with Crippen LogP contribution in [0.15, 0.2) is 36.4 Å². The van der Waals surface area contributed by atoms with Crippen molar-refractivity contribution in [3.8, 4) is 0 Å². The van der Waals surface area contributed by atoms with E-state index < -0.39 is 12.2 Å². The Bertz CT molecular complexity index is 624. The van der Waals surface area contributed by atoms with Gasteiger partial charge in [0.05, 0.1) is 0 Å². The first kappa shape index (κ1) is 14.9. The molecule has 0 bridgehead atoms. The summed E-state index contributed by atoms with van der Waals surface area (Å²) in [7, 11) is 0. The van der Waals surface area contributed by atoms with E-state index in [1.807, 2.05) is 39.0 Å². The zero-order valence-corrected chi connectivity index (χ0v) is 11.8. The van der Waals surface area contributed by atoms with Crippen molar-refractivity contribution in [2.45, 2.75) is 38.4 Å². The standard InChI is InChI=1S/C16H18F3N/c1-15(2,3)11-8-7-10-5-4-6-12(13(10)9-11)14(20)16(17,18)19/h4-9,14H,20H2,1-3H3/t14-/m0/s1. The Morgan fingerprint density at radius 1 is 1.00 bits per heavy atom. The van der Waals surface area contributed by atoms with Gasteiger partial charge in [-0.3, -0.25) is 0 Å². The highest BCUT2D eigenvalue weighted by atomic mass is 19.4. The normalized spacial score (nSPS) is 14.6. The third kappa shape index (κ3) is 2.80. The van der Waals surface area contributed by atoms with E-state index in [0.29, 0.717) is 5.39 Å². The molecule has 2 rings (SSSR count). The SMILES string of the molecule is CC(C)(C)c1ccc2cccc([C@H](N)C(F)(F)F)c2c1. The Morgan fingerprint density at radius 2 is 1.65 bits per heavy atom. The third-order valence-corrected chi connectivity index (χ3v) is 3.47. The van der Waals surface area contributed by atoms with Crippen LogP contribution in [-0.2, 0) is 5.41 Å². The lowest BCUT2D eigenvalue weighted by atomic mass is 9.85. The molecule has 0 unspecified atom stereocenters. The highest BCUT2D eigenvalue weighted by Crippen LogP contribution is 2.35. The van der Waals surface area contributed by atoms with Crippen molar-refractivity contribution in [1.29, 1.82) is 0 Å². The second kappa shape index (κ2) is 4.77. The minimum Gasteiger partial charge on any atom is -0.316 e. The number of alkyl halides is 3. The summed E-state index contributed by atoms with van der Waals surface area (Å²) >= 11 is 0. The van der Waals surface area contributed by atoms with Crippen molar-refractivity contribution >= 4 is 10.8 Å². The Hall–Kier alpha value is -1.55. The Kier molecular flexibility index (Phi) is 3.54. The van der Waals surface area contributed by atoms with Crippen LogP contribution >= 0.6 is 0 Å². The first-order valence-electron chi connectivity index (χ1n) is 6.46. The topological polar surface area (TPSA) is 26.0 Å². The van der Waals surface area contributed by atoms with Crippen molar-refractivity contribution in [3.05, 3.63) is 47.5 Å². The predicted molar refractivity (Wildman–Crippen MR) is 75.6 cm³/mol. The van der Waals surface area contributed by atoms with Gasteiger partial charge in [-0.15, -0.1) is 0 Å². The molecule has 0 aliphatic carbocycles. The zero-order valence-electron chi connectivity index (χ0n) is 11.8. The summed E-state index contributed by atoms with van der Waals surface area (Å²) in [5.41, 5.74) is 6.37. The summed E-state index contributed by atoms with van der Waals surface area (Å²) in [5, 5.41) is 1.35. The maximum Gasteiger partial charge on any atom is 0.407 e. The maximum absolute atomic E-state index is 12.9. The molecular formula is C16H18F3N. The number of hydrogen-bond acceptors (Lipinski definition) is 1. The number of halogens is 3. The average molecular weight is 281 g/mol. The second-order valence-electron chi connectivity index (χ2n) is 6.05. The van der Waals surface area contributed by atoms with Gasteiger partial charge in [0.25, 0.3) is 0 Å². The molecule has 0 radical (unpaired) electrons. The van der Waals surface area contributed by atoms with Crippen LogP contribution in [0.2, 0.25) is 0 Å². The molecule has 2 aromatic rings. The van der Waals surface area contributed by atoms with Gasteiger partial charge in [-0.2, -0.15) is 13.2 Å². The van der Waals surface area contributed by atoms with Crippen molar-refractivity contribution in [2.75, 3.05) is 0 Å². The quantitative estimate of drug-likeness (QED) is 0.805. The van der Waals surface area contributed by atoms with Crippen molar-refractivity contribution in [3.63, 3.8) is 0 Å². The number of rotatable bonds is 1. The van der Waals surface area contributed by atoms with Crippen LogP contribution in [0.4, 0.5) is 13.2 Å². The lowest BCUT2D eigenvalue weighted by Gasteiger charge is -2.22. The van der Waals surface area contributed by atoms with Gasteiger partial charge in [0.1, 0.15) is 6.04 Å². The predicted octanol–water partition coefficient (Wildman–Crippen LogP) is 4.70. The molecule has 0 aliphatic rings. The molecule has 4 heteroatoms. The van der Waals surface area contributed by atoms with Crippen LogP contribution in [0.3, 0.4) is 0 Å². The Morgan fingerprint density at radius 3 is 2.20 bits per heavy atom. The molecular weight excluding hydrogens is 263 g/mol. The lowest BCUT2D eigenvalue weighted by Crippen LogP contribution is -2.28. The minimum atomic E-state index is -4.44. The van der Waals surface area contributed by atoms with Gasteiger partial charge in [0.2, 0.25) is 0 Å². The molecule has 0 saturated heterocycles. The summed E-state index contributed by atoms with van der Waals surface area (Å²) < 4.78 is 38.6. The van der Waals surface area contributed by atoms with Gasteiger partial charge in [-0.25, -0.2) is 0 Å². The largest absolute Gasteiger partial charge is 0.407 e. The summed E-state index contributed by atoms with van der Waals surface area (Å²) in [4.78, 5) is 0. The summed E-state index contributed by atoms with van der Waals surface area (Å²) in [6, 6.07) is 8.52. The molecule has 0 fully saturated rings. The van der Waals surface area contributed by atoms with E-state index in [-0.39, 0.29) is 11.0 Å². The molecule has 2 aromatic carbocycles. The van der Waals surface area contributed by atoms with E-state index >= 15 is 0 Å². The van der Waals surface area contributed by atoms with Gasteiger partial charge in [-0.05, 0) is 27.3 Å². The van der Waals surface area contributed by atoms with Crippen LogP contribution in [0, 0.1) is 0 Å². The van der Waals surface area contributed by atoms with Gasteiger partial charge in [-0.1, -0.05) is 57.2 Å². The van der Waals surface area contributed by atoms with E-state index in [9.17, 15) is 13.2 Å². The van der Waals surface area contributed by atoms with Crippen LogP contribution in [0.5, 0.6) is 0 Å². The number of hydrogen-bond donors (Lipinski definition) is 1. The van der Waals surface area contributed by atoms with Crippen LogP contribution in [-0.4, -0.2) is 6.18 Å². The summed E-state index contributed by atoms with van der Waals surface area (Å²) in [6.45, 7) is 6.08. The molecule has 0 heterocycles. The number of nitrogens with two attached hydrogens (primary N) is 1. The van der Waals surface area contributed by atoms with E-state index in [2.05, 4.69) is 0 Å². The monoisotopic (exact) mass is 281 g/mol. The fourth-order valence-corrected chi connectivity index (χ4v) is 2.21. The first-order valence-corrected chi connectivity index (χ1v) is 6.46. The van der Waals surface area contributed by atoms with Crippen LogP contribution < -0.4 is 5.73 Å². The van der Waals surface area contributed by atoms with E-state index in [0.717, 1.165) is 10.9 Å². The second-order valence-corrected chi connectivity index (χ2v) is 6.05. The molecule has 0 saturated carbocycles. The minimum absolute atomic E-state index is 0.121. The lowest BCUT2D eigenvalue weighted by molar-refractivity contribution is -0.148. The van der Waals surface area contributed by atoms with E-state index in [4.69, 9.17) is 5.73 Å². The molecule has 108 valence electrons. The molecule has 1 atom stereocenters. The molecule has 0 aromatic heterocycles. The van der Waals surface area contributed by atoms with E-state index in [1.54, 1.807) is 12.1 Å². The summed E-state index contributed by atoms with van der Waals surface area (Å²) in [5.74, 6) is 0. The van der Waals surface area contributed by atoms with Crippen molar-refractivity contribution in [2.24, 2.45) is 5.73 Å². The molecule has 2 N–H and O–H groups in total. The highest BCUT2D eigenvalue weighted by molar-refractivity contribution is 5.87. The molecule has 0 spiro atoms. The first-order chi connectivity index (χ1) is 9.10. The molecule has 0 aliphatic heterocycles. The van der Waals surface area contributed by atoms with Crippen LogP contribution in [0.1, 0.15) is 37.9 Å². The van der Waals surface area contributed by atoms with Gasteiger partial charge in [0, 0.05) is 0 Å². The zero-order chi connectivity index (χ0) is 15.1. The summed E-state index contributed by atoms with van der Waals surface area (Å²) in [6.07, 6.45) is -4.44. The van der Waals surface area contributed by atoms with E-state index in [1.165, 1.54) is 6.07 Å². The average Bonchev–Trinajstić information content (AvgIpc) is 2.34. The fraction of sp³-hybridized carbons (Fsp3) is 0.375. The molecule has 20 heavy (non-hydrogen) atoms. The molecule has 1 nitrogen and oxygen atoms in total. The maximum atomic E-state index is 12.9. The smallest absolute Gasteiger partial charge is 0.316 e. The fourth-order valence-electron chi connectivity index (χ4n) is 2.21. The molecule has 0 amide bonds. The Balaban J connectivity index is 2.67. The van der Waals surface area contributed by atoms with Gasteiger partial charge >= 0.3 is 6.18 Å². The number of benzene rings is 2. The van der Waals surface area contributed by atoms with Gasteiger partial charge in [0.15, 0.2) is 0 Å². The van der Waals surface area contributed by atoms with Gasteiger partial charge < -0.3 is 5.73 Å². The number of fused-ring (bicyclic) bond motifs is 1. The Labute approximate surface area is 116 Å². The highest BCUT2D eigenvalue weighted by Gasteiger charge is 2.38. The van der Waals surface area contributed by atoms with Crippen molar-refractivity contribution < 1.29 is 13.2 Å². The van der Waals surface area contributed by atoms with Crippen LogP contribution in [0.25, 0.3) is 10.8 Å². The van der Waals surface area contributed by atoms with Crippen molar-refractivity contribution in [1.82, 2.24) is 0 Å².